The molecule has 8 heteroatoms. The molecule has 0 bridgehead atoms. The fourth-order valence-corrected chi connectivity index (χ4v) is 2.90. The molecule has 0 aliphatic rings. The van der Waals surface area contributed by atoms with Crippen molar-refractivity contribution in [2.24, 2.45) is 0 Å². The van der Waals surface area contributed by atoms with Crippen molar-refractivity contribution >= 4 is 34.1 Å². The number of benzene rings is 2. The number of anilines is 1. The third kappa shape index (κ3) is 2.94. The zero-order valence-corrected chi connectivity index (χ0v) is 13.9. The number of aromatic nitrogens is 1. The van der Waals surface area contributed by atoms with Gasteiger partial charge in [0.2, 0.25) is 0 Å². The Morgan fingerprint density at radius 1 is 1.28 bits per heavy atom. The first-order valence-electron chi connectivity index (χ1n) is 7.28. The molecule has 3 aromatic rings. The van der Waals surface area contributed by atoms with E-state index in [4.69, 9.17) is 16.3 Å². The van der Waals surface area contributed by atoms with Crippen molar-refractivity contribution in [3.8, 4) is 5.75 Å². The molecule has 2 aromatic carbocycles. The summed E-state index contributed by atoms with van der Waals surface area (Å²) in [6.07, 6.45) is 1.53. The molecule has 1 heterocycles. The summed E-state index contributed by atoms with van der Waals surface area (Å²) in [7, 11) is 1.49. The lowest BCUT2D eigenvalue weighted by atomic mass is 10.1. The highest BCUT2D eigenvalue weighted by Gasteiger charge is 2.19. The summed E-state index contributed by atoms with van der Waals surface area (Å²) in [6, 6.07) is 9.37. The summed E-state index contributed by atoms with van der Waals surface area (Å²) in [6.45, 7) is -0.239. The number of hydrogen-bond donors (Lipinski definition) is 3. The molecule has 25 heavy (non-hydrogen) atoms. The van der Waals surface area contributed by atoms with Crippen LogP contribution < -0.4 is 9.96 Å². The number of carbonyl (C=O) groups excluding carboxylic acids is 1. The zero-order valence-electron chi connectivity index (χ0n) is 13.2. The maximum absolute atomic E-state index is 12.9. The van der Waals surface area contributed by atoms with Gasteiger partial charge in [0.05, 0.1) is 24.3 Å². The van der Waals surface area contributed by atoms with E-state index in [0.717, 1.165) is 0 Å². The Morgan fingerprint density at radius 2 is 2.04 bits per heavy atom. The highest BCUT2D eigenvalue weighted by atomic mass is 35.5. The smallest absolute Gasteiger partial charge is 0.262 e. The van der Waals surface area contributed by atoms with E-state index in [-0.39, 0.29) is 28.1 Å². The van der Waals surface area contributed by atoms with E-state index in [0.29, 0.717) is 22.2 Å². The maximum Gasteiger partial charge on any atom is 0.262 e. The van der Waals surface area contributed by atoms with Gasteiger partial charge in [-0.1, -0.05) is 23.7 Å². The number of fused-ring (bicyclic) bond motifs is 1. The first kappa shape index (κ1) is 17.2. The van der Waals surface area contributed by atoms with Crippen molar-refractivity contribution in [2.45, 2.75) is 6.61 Å². The molecule has 0 aliphatic carbocycles. The van der Waals surface area contributed by atoms with Gasteiger partial charge in [-0.3, -0.25) is 19.8 Å². The van der Waals surface area contributed by atoms with E-state index < -0.39 is 5.91 Å². The van der Waals surface area contributed by atoms with Gasteiger partial charge in [-0.2, -0.15) is 0 Å². The minimum atomic E-state index is -0.436. The van der Waals surface area contributed by atoms with Crippen LogP contribution in [0.1, 0.15) is 15.9 Å². The van der Waals surface area contributed by atoms with E-state index in [1.165, 1.54) is 36.1 Å². The van der Waals surface area contributed by atoms with Crippen molar-refractivity contribution in [3.05, 3.63) is 58.7 Å². The van der Waals surface area contributed by atoms with E-state index in [1.807, 2.05) is 0 Å². The van der Waals surface area contributed by atoms with Gasteiger partial charge in [-0.25, -0.2) is 0 Å². The van der Waals surface area contributed by atoms with E-state index in [2.05, 4.69) is 0 Å². The van der Waals surface area contributed by atoms with Crippen LogP contribution in [0, 0.1) is 0 Å². The normalized spacial score (nSPS) is 10.9. The van der Waals surface area contributed by atoms with Crippen LogP contribution in [0.5, 0.6) is 5.75 Å². The van der Waals surface area contributed by atoms with Crippen molar-refractivity contribution in [1.29, 1.82) is 0 Å². The summed E-state index contributed by atoms with van der Waals surface area (Å²) >= 11 is 5.88. The molecule has 0 saturated carbocycles. The Morgan fingerprint density at radius 3 is 2.68 bits per heavy atom. The quantitative estimate of drug-likeness (QED) is 0.617. The largest absolute Gasteiger partial charge is 0.495 e. The van der Waals surface area contributed by atoms with Gasteiger partial charge in [0, 0.05) is 22.7 Å². The molecule has 0 radical (unpaired) electrons. The lowest BCUT2D eigenvalue weighted by molar-refractivity contribution is 0.0292. The number of aliphatic hydroxyl groups is 1. The fraction of sp³-hybridized carbons (Fsp3) is 0.118. The predicted octanol–water partition coefficient (Wildman–Crippen LogP) is 3.07. The van der Waals surface area contributed by atoms with Crippen LogP contribution in [-0.4, -0.2) is 33.1 Å². The van der Waals surface area contributed by atoms with Crippen molar-refractivity contribution in [2.75, 3.05) is 12.3 Å². The van der Waals surface area contributed by atoms with Gasteiger partial charge in [0.15, 0.2) is 0 Å². The molecule has 0 atom stereocenters. The number of rotatable bonds is 4. The van der Waals surface area contributed by atoms with Crippen molar-refractivity contribution in [3.63, 3.8) is 0 Å². The third-order valence-corrected chi connectivity index (χ3v) is 4.21. The first-order valence-corrected chi connectivity index (χ1v) is 7.65. The average molecular weight is 363 g/mol. The minimum absolute atomic E-state index is 0.0764. The highest BCUT2D eigenvalue weighted by molar-refractivity contribution is 6.33. The lowest BCUT2D eigenvalue weighted by Gasteiger charge is -2.12. The van der Waals surface area contributed by atoms with Gasteiger partial charge < -0.3 is 9.84 Å². The van der Waals surface area contributed by atoms with Gasteiger partial charge in [0.25, 0.3) is 5.91 Å². The fourth-order valence-electron chi connectivity index (χ4n) is 2.71. The van der Waals surface area contributed by atoms with Gasteiger partial charge in [-0.15, -0.1) is 5.23 Å². The molecule has 0 unspecified atom stereocenters. The number of para-hydroxylation sites is 1. The van der Waals surface area contributed by atoms with Crippen LogP contribution in [0.3, 0.4) is 0 Å². The molecular weight excluding hydrogens is 348 g/mol. The summed E-state index contributed by atoms with van der Waals surface area (Å²) < 4.78 is 6.68. The number of methoxy groups -OCH3 is 1. The minimum Gasteiger partial charge on any atom is -0.495 e. The van der Waals surface area contributed by atoms with E-state index in [9.17, 15) is 20.3 Å². The van der Waals surface area contributed by atoms with E-state index in [1.54, 1.807) is 18.2 Å². The summed E-state index contributed by atoms with van der Waals surface area (Å²) in [5.41, 5.74) is 1.14. The molecule has 0 spiro atoms. The summed E-state index contributed by atoms with van der Waals surface area (Å²) in [5.74, 6) is 0.0413. The Kier molecular flexibility index (Phi) is 4.65. The SMILES string of the molecule is COc1cccc2c(CO)cn(C(=O)c3ccc(Cl)c(N(O)O)c3)c12. The summed E-state index contributed by atoms with van der Waals surface area (Å²) in [4.78, 5) is 12.9. The second kappa shape index (κ2) is 6.73. The number of carbonyl (C=O) groups is 1. The third-order valence-electron chi connectivity index (χ3n) is 3.89. The molecule has 0 saturated heterocycles. The van der Waals surface area contributed by atoms with Gasteiger partial charge in [0.1, 0.15) is 11.4 Å². The van der Waals surface area contributed by atoms with Crippen molar-refractivity contribution < 1.29 is 25.1 Å². The molecule has 0 aliphatic heterocycles. The van der Waals surface area contributed by atoms with Gasteiger partial charge in [-0.05, 0) is 24.3 Å². The highest BCUT2D eigenvalue weighted by Crippen LogP contribution is 2.31. The second-order valence-electron chi connectivity index (χ2n) is 5.30. The van der Waals surface area contributed by atoms with Crippen LogP contribution >= 0.6 is 11.6 Å². The Bertz CT molecular complexity index is 952. The van der Waals surface area contributed by atoms with Crippen LogP contribution in [-0.2, 0) is 6.61 Å². The van der Waals surface area contributed by atoms with Crippen LogP contribution in [0.2, 0.25) is 5.02 Å². The topological polar surface area (TPSA) is 95.2 Å². The predicted molar refractivity (Wildman–Crippen MR) is 91.6 cm³/mol. The second-order valence-corrected chi connectivity index (χ2v) is 5.71. The molecule has 7 nitrogen and oxygen atoms in total. The number of nitrogens with zero attached hydrogens (tertiary/aromatic N) is 2. The number of ether oxygens (including phenoxy) is 1. The molecule has 1 aromatic heterocycles. The Balaban J connectivity index is 2.20. The standard InChI is InChI=1S/C17H15ClN2O5/c1-25-15-4-2-3-12-11(9-21)8-19(16(12)15)17(22)10-5-6-13(18)14(7-10)20(23)24/h2-8,21,23-24H,9H2,1H3. The van der Waals surface area contributed by atoms with Crippen LogP contribution in [0.15, 0.2) is 42.6 Å². The Hall–Kier alpha value is -2.58. The molecular formula is C17H15ClN2O5. The number of hydrogen-bond acceptors (Lipinski definition) is 6. The van der Waals surface area contributed by atoms with Gasteiger partial charge >= 0.3 is 0 Å². The first-order chi connectivity index (χ1) is 12.0. The molecule has 3 rings (SSSR count). The molecule has 0 amide bonds. The number of aliphatic hydroxyl groups excluding tert-OH is 1. The molecule has 130 valence electrons. The lowest BCUT2D eigenvalue weighted by Crippen LogP contribution is -2.15. The summed E-state index contributed by atoms with van der Waals surface area (Å²) in [5, 5.41) is 28.6. The van der Waals surface area contributed by atoms with Crippen LogP contribution in [0.4, 0.5) is 5.69 Å². The maximum atomic E-state index is 12.9. The molecule has 0 fully saturated rings. The van der Waals surface area contributed by atoms with Crippen LogP contribution in [0.25, 0.3) is 10.9 Å². The average Bonchev–Trinajstić information content (AvgIpc) is 3.00. The van der Waals surface area contributed by atoms with E-state index >= 15 is 0 Å². The monoisotopic (exact) mass is 362 g/mol. The number of halogens is 1. The molecule has 3 N–H and O–H groups in total. The zero-order chi connectivity index (χ0) is 18.1. The Labute approximate surface area is 147 Å². The van der Waals surface area contributed by atoms with Crippen molar-refractivity contribution in [1.82, 2.24) is 4.57 Å².